The second kappa shape index (κ2) is 9.12. The minimum atomic E-state index is 0.480. The first kappa shape index (κ1) is 15.2. The van der Waals surface area contributed by atoms with Crippen molar-refractivity contribution in [1.82, 2.24) is 5.32 Å². The van der Waals surface area contributed by atoms with Crippen LogP contribution in [0.3, 0.4) is 0 Å². The van der Waals surface area contributed by atoms with Crippen molar-refractivity contribution in [2.24, 2.45) is 0 Å². The van der Waals surface area contributed by atoms with Crippen molar-refractivity contribution in [3.05, 3.63) is 35.9 Å². The fraction of sp³-hybridized carbons (Fsp3) is 0.625. The Morgan fingerprint density at radius 1 is 1.11 bits per heavy atom. The molecule has 0 aliphatic rings. The summed E-state index contributed by atoms with van der Waals surface area (Å²) in [5.41, 5.74) is 1.41. The summed E-state index contributed by atoms with van der Waals surface area (Å²) in [7, 11) is 1.78. The van der Waals surface area contributed by atoms with Gasteiger partial charge >= 0.3 is 0 Å². The van der Waals surface area contributed by atoms with Gasteiger partial charge < -0.3 is 10.1 Å². The lowest BCUT2D eigenvalue weighted by Gasteiger charge is -2.24. The molecule has 0 aromatic heterocycles. The first-order valence-electron chi connectivity index (χ1n) is 7.09. The van der Waals surface area contributed by atoms with Gasteiger partial charge in [-0.2, -0.15) is 0 Å². The van der Waals surface area contributed by atoms with E-state index < -0.39 is 0 Å². The lowest BCUT2D eigenvalue weighted by molar-refractivity contribution is 0.155. The third kappa shape index (κ3) is 5.65. The van der Waals surface area contributed by atoms with Crippen molar-refractivity contribution in [3.8, 4) is 0 Å². The summed E-state index contributed by atoms with van der Waals surface area (Å²) >= 11 is 0. The van der Waals surface area contributed by atoms with E-state index in [0.717, 1.165) is 19.4 Å². The predicted octanol–water partition coefficient (Wildman–Crippen LogP) is 3.41. The first-order valence-corrected chi connectivity index (χ1v) is 7.09. The zero-order valence-electron chi connectivity index (χ0n) is 12.0. The van der Waals surface area contributed by atoms with E-state index in [1.807, 2.05) is 0 Å². The van der Waals surface area contributed by atoms with E-state index in [1.54, 1.807) is 7.11 Å². The van der Waals surface area contributed by atoms with Gasteiger partial charge in [-0.3, -0.25) is 0 Å². The largest absolute Gasteiger partial charge is 0.383 e. The molecule has 0 aliphatic carbocycles. The Kier molecular flexibility index (Phi) is 7.70. The molecule has 0 radical (unpaired) electrons. The molecule has 2 nitrogen and oxygen atoms in total. The molecule has 0 saturated carbocycles. The van der Waals surface area contributed by atoms with Crippen molar-refractivity contribution in [3.63, 3.8) is 0 Å². The summed E-state index contributed by atoms with van der Waals surface area (Å²) in [5.74, 6) is 0. The van der Waals surface area contributed by atoms with Crippen LogP contribution in [-0.4, -0.2) is 25.8 Å². The standard InChI is InChI=1S/C16H27NO/c1-4-9-16(13-18-3)17-15(5-2)12-14-10-7-6-8-11-14/h6-8,10-11,15-17H,4-5,9,12-13H2,1-3H3. The summed E-state index contributed by atoms with van der Waals surface area (Å²) in [6.07, 6.45) is 4.63. The molecule has 102 valence electrons. The maximum Gasteiger partial charge on any atom is 0.0615 e. The van der Waals surface area contributed by atoms with Gasteiger partial charge in [0.15, 0.2) is 0 Å². The Balaban J connectivity index is 2.49. The Morgan fingerprint density at radius 2 is 1.83 bits per heavy atom. The van der Waals surface area contributed by atoms with Gasteiger partial charge in [-0.05, 0) is 24.8 Å². The van der Waals surface area contributed by atoms with Gasteiger partial charge in [0, 0.05) is 19.2 Å². The summed E-state index contributed by atoms with van der Waals surface area (Å²) in [5, 5.41) is 3.73. The topological polar surface area (TPSA) is 21.3 Å². The van der Waals surface area contributed by atoms with E-state index in [2.05, 4.69) is 49.5 Å². The average Bonchev–Trinajstić information content (AvgIpc) is 2.39. The van der Waals surface area contributed by atoms with E-state index in [-0.39, 0.29) is 0 Å². The molecule has 0 spiro atoms. The van der Waals surface area contributed by atoms with E-state index in [0.29, 0.717) is 12.1 Å². The summed E-state index contributed by atoms with van der Waals surface area (Å²) in [6.45, 7) is 5.28. The maximum absolute atomic E-state index is 5.29. The van der Waals surface area contributed by atoms with Gasteiger partial charge in [0.1, 0.15) is 0 Å². The predicted molar refractivity (Wildman–Crippen MR) is 77.9 cm³/mol. The van der Waals surface area contributed by atoms with Crippen molar-refractivity contribution in [2.75, 3.05) is 13.7 Å². The zero-order valence-corrected chi connectivity index (χ0v) is 12.0. The SMILES string of the molecule is CCCC(COC)NC(CC)Cc1ccccc1. The molecule has 0 saturated heterocycles. The summed E-state index contributed by atoms with van der Waals surface area (Å²) in [4.78, 5) is 0. The van der Waals surface area contributed by atoms with Crippen LogP contribution in [0.4, 0.5) is 0 Å². The molecule has 0 amide bonds. The zero-order chi connectivity index (χ0) is 13.2. The number of rotatable bonds is 9. The maximum atomic E-state index is 5.29. The molecule has 2 atom stereocenters. The molecule has 2 unspecified atom stereocenters. The minimum absolute atomic E-state index is 0.480. The molecule has 1 N–H and O–H groups in total. The quantitative estimate of drug-likeness (QED) is 0.724. The van der Waals surface area contributed by atoms with Gasteiger partial charge in [-0.1, -0.05) is 50.6 Å². The van der Waals surface area contributed by atoms with E-state index in [1.165, 1.54) is 18.4 Å². The fourth-order valence-electron chi connectivity index (χ4n) is 2.32. The van der Waals surface area contributed by atoms with Crippen LogP contribution in [0, 0.1) is 0 Å². The Bertz CT molecular complexity index is 293. The van der Waals surface area contributed by atoms with Gasteiger partial charge in [0.05, 0.1) is 6.61 Å². The molecule has 0 fully saturated rings. The van der Waals surface area contributed by atoms with Crippen LogP contribution in [0.15, 0.2) is 30.3 Å². The van der Waals surface area contributed by atoms with Crippen LogP contribution >= 0.6 is 0 Å². The fourth-order valence-corrected chi connectivity index (χ4v) is 2.32. The van der Waals surface area contributed by atoms with Crippen LogP contribution in [-0.2, 0) is 11.2 Å². The Hall–Kier alpha value is -0.860. The molecule has 1 aromatic rings. The molecule has 0 aliphatic heterocycles. The molecular weight excluding hydrogens is 222 g/mol. The highest BCUT2D eigenvalue weighted by atomic mass is 16.5. The second-order valence-corrected chi connectivity index (χ2v) is 4.90. The van der Waals surface area contributed by atoms with E-state index >= 15 is 0 Å². The van der Waals surface area contributed by atoms with Gasteiger partial charge in [-0.25, -0.2) is 0 Å². The first-order chi connectivity index (χ1) is 8.80. The van der Waals surface area contributed by atoms with Gasteiger partial charge in [0.2, 0.25) is 0 Å². The summed E-state index contributed by atoms with van der Waals surface area (Å²) < 4.78 is 5.29. The second-order valence-electron chi connectivity index (χ2n) is 4.90. The average molecular weight is 249 g/mol. The van der Waals surface area contributed by atoms with Gasteiger partial charge in [-0.15, -0.1) is 0 Å². The Morgan fingerprint density at radius 3 is 2.39 bits per heavy atom. The molecule has 1 rings (SSSR count). The number of hydrogen-bond acceptors (Lipinski definition) is 2. The van der Waals surface area contributed by atoms with Crippen LogP contribution in [0.2, 0.25) is 0 Å². The molecule has 0 bridgehead atoms. The third-order valence-electron chi connectivity index (χ3n) is 3.29. The van der Waals surface area contributed by atoms with Gasteiger partial charge in [0.25, 0.3) is 0 Å². The lowest BCUT2D eigenvalue weighted by Crippen LogP contribution is -2.41. The van der Waals surface area contributed by atoms with Crippen LogP contribution < -0.4 is 5.32 Å². The lowest BCUT2D eigenvalue weighted by atomic mass is 10.0. The molecule has 18 heavy (non-hydrogen) atoms. The highest BCUT2D eigenvalue weighted by Gasteiger charge is 2.13. The van der Waals surface area contributed by atoms with Crippen molar-refractivity contribution in [2.45, 2.75) is 51.6 Å². The Labute approximate surface area is 112 Å². The molecular formula is C16H27NO. The van der Waals surface area contributed by atoms with Crippen molar-refractivity contribution in [1.29, 1.82) is 0 Å². The summed E-state index contributed by atoms with van der Waals surface area (Å²) in [6, 6.07) is 11.7. The number of ether oxygens (including phenoxy) is 1. The van der Waals surface area contributed by atoms with Crippen LogP contribution in [0.5, 0.6) is 0 Å². The number of nitrogens with one attached hydrogen (secondary N) is 1. The normalized spacial score (nSPS) is 14.4. The van der Waals surface area contributed by atoms with Crippen LogP contribution in [0.1, 0.15) is 38.7 Å². The number of methoxy groups -OCH3 is 1. The number of hydrogen-bond donors (Lipinski definition) is 1. The van der Waals surface area contributed by atoms with Crippen LogP contribution in [0.25, 0.3) is 0 Å². The smallest absolute Gasteiger partial charge is 0.0615 e. The minimum Gasteiger partial charge on any atom is -0.383 e. The highest BCUT2D eigenvalue weighted by molar-refractivity contribution is 5.15. The van der Waals surface area contributed by atoms with E-state index in [9.17, 15) is 0 Å². The van der Waals surface area contributed by atoms with Crippen molar-refractivity contribution < 1.29 is 4.74 Å². The molecule has 2 heteroatoms. The number of benzene rings is 1. The monoisotopic (exact) mass is 249 g/mol. The molecule has 0 heterocycles. The third-order valence-corrected chi connectivity index (χ3v) is 3.29. The van der Waals surface area contributed by atoms with E-state index in [4.69, 9.17) is 4.74 Å². The molecule has 1 aromatic carbocycles. The van der Waals surface area contributed by atoms with Crippen molar-refractivity contribution >= 4 is 0 Å². The highest BCUT2D eigenvalue weighted by Crippen LogP contribution is 2.08.